The van der Waals surface area contributed by atoms with Crippen molar-refractivity contribution >= 4 is 23.1 Å². The molecule has 0 spiro atoms. The summed E-state index contributed by atoms with van der Waals surface area (Å²) in [6.07, 6.45) is 2.01. The summed E-state index contributed by atoms with van der Waals surface area (Å²) in [6, 6.07) is 19.8. The fourth-order valence-electron chi connectivity index (χ4n) is 3.02. The van der Waals surface area contributed by atoms with Crippen molar-refractivity contribution in [2.45, 2.75) is 12.8 Å². The lowest BCUT2D eigenvalue weighted by Gasteiger charge is -2.26. The Bertz CT molecular complexity index is 896. The largest absolute Gasteiger partial charge is 0.457 e. The third kappa shape index (κ3) is 3.08. The zero-order chi connectivity index (χ0) is 17.2. The number of para-hydroxylation sites is 2. The molecule has 4 heteroatoms. The summed E-state index contributed by atoms with van der Waals surface area (Å²) in [6.45, 7) is 1.42. The minimum atomic E-state index is -0.326. The predicted molar refractivity (Wildman–Crippen MR) is 98.9 cm³/mol. The Balaban J connectivity index is 1.87. The van der Waals surface area contributed by atoms with Gasteiger partial charge in [0.05, 0.1) is 4.88 Å². The molecule has 0 atom stereocenters. The number of ether oxygens (including phenoxy) is 2. The maximum Gasteiger partial charge on any atom is 0.308 e. The van der Waals surface area contributed by atoms with Gasteiger partial charge in [-0.1, -0.05) is 42.5 Å². The van der Waals surface area contributed by atoms with E-state index in [4.69, 9.17) is 9.47 Å². The van der Waals surface area contributed by atoms with E-state index >= 15 is 0 Å². The summed E-state index contributed by atoms with van der Waals surface area (Å²) < 4.78 is 11.5. The van der Waals surface area contributed by atoms with Gasteiger partial charge in [0.1, 0.15) is 17.3 Å². The van der Waals surface area contributed by atoms with E-state index in [1.54, 1.807) is 11.3 Å². The first-order chi connectivity index (χ1) is 12.2. The van der Waals surface area contributed by atoms with Crippen molar-refractivity contribution in [3.8, 4) is 11.5 Å². The number of fused-ring (bicyclic) bond motifs is 2. The van der Waals surface area contributed by atoms with Crippen molar-refractivity contribution < 1.29 is 14.3 Å². The molecule has 4 rings (SSSR count). The normalized spacial score (nSPS) is 13.6. The van der Waals surface area contributed by atoms with Crippen molar-refractivity contribution in [1.29, 1.82) is 0 Å². The molecule has 0 aliphatic carbocycles. The highest BCUT2D eigenvalue weighted by molar-refractivity contribution is 7.11. The van der Waals surface area contributed by atoms with E-state index in [2.05, 4.69) is 0 Å². The predicted octanol–water partition coefficient (Wildman–Crippen LogP) is 5.59. The van der Waals surface area contributed by atoms with Crippen molar-refractivity contribution in [1.82, 2.24) is 0 Å². The summed E-state index contributed by atoms with van der Waals surface area (Å²) in [5.74, 6) is 1.87. The molecule has 1 aliphatic rings. The fraction of sp³-hybridized carbons (Fsp3) is 0.0952. The maximum atomic E-state index is 11.6. The number of allylic oxidation sites excluding steroid dienone is 1. The number of carbonyl (C=O) groups is 1. The second-order valence-corrected chi connectivity index (χ2v) is 6.70. The van der Waals surface area contributed by atoms with Gasteiger partial charge in [-0.15, -0.1) is 11.3 Å². The Morgan fingerprint density at radius 1 is 1.00 bits per heavy atom. The number of rotatable bonds is 3. The summed E-state index contributed by atoms with van der Waals surface area (Å²) in [7, 11) is 0. The minimum absolute atomic E-state index is 0.0439. The van der Waals surface area contributed by atoms with Crippen LogP contribution >= 0.6 is 11.3 Å². The van der Waals surface area contributed by atoms with Gasteiger partial charge in [-0.25, -0.2) is 0 Å². The second-order valence-electron chi connectivity index (χ2n) is 5.76. The summed E-state index contributed by atoms with van der Waals surface area (Å²) >= 11 is 1.55. The Hall–Kier alpha value is -2.85. The molecule has 0 radical (unpaired) electrons. The third-order valence-electron chi connectivity index (χ3n) is 4.06. The average Bonchev–Trinajstić information content (AvgIpc) is 3.15. The molecule has 1 aromatic heterocycles. The number of hydrogen-bond acceptors (Lipinski definition) is 4. The van der Waals surface area contributed by atoms with Crippen molar-refractivity contribution in [2.24, 2.45) is 0 Å². The SMILES string of the molecule is CC(=O)OC(=CC1c2ccccc2Oc2ccccc21)c1cccs1. The lowest BCUT2D eigenvalue weighted by molar-refractivity contribution is -0.134. The van der Waals surface area contributed by atoms with Crippen molar-refractivity contribution in [2.75, 3.05) is 0 Å². The molecule has 0 N–H and O–H groups in total. The van der Waals surface area contributed by atoms with Crippen LogP contribution in [0, 0.1) is 0 Å². The monoisotopic (exact) mass is 348 g/mol. The van der Waals surface area contributed by atoms with Crippen LogP contribution in [-0.4, -0.2) is 5.97 Å². The average molecular weight is 348 g/mol. The van der Waals surface area contributed by atoms with Gasteiger partial charge in [0.25, 0.3) is 0 Å². The summed E-state index contributed by atoms with van der Waals surface area (Å²) in [5, 5.41) is 1.97. The van der Waals surface area contributed by atoms with Crippen LogP contribution in [-0.2, 0) is 9.53 Å². The van der Waals surface area contributed by atoms with E-state index in [1.165, 1.54) is 6.92 Å². The van der Waals surface area contributed by atoms with Crippen LogP contribution in [0.3, 0.4) is 0 Å². The molecule has 0 saturated carbocycles. The van der Waals surface area contributed by atoms with E-state index in [-0.39, 0.29) is 11.9 Å². The molecule has 1 aliphatic heterocycles. The number of esters is 1. The lowest BCUT2D eigenvalue weighted by Crippen LogP contribution is -2.09. The van der Waals surface area contributed by atoms with Crippen LogP contribution < -0.4 is 4.74 Å². The Labute approximate surface area is 150 Å². The molecular weight excluding hydrogens is 332 g/mol. The van der Waals surface area contributed by atoms with Gasteiger partial charge in [-0.3, -0.25) is 4.79 Å². The van der Waals surface area contributed by atoms with Crippen LogP contribution in [0.15, 0.2) is 72.1 Å². The molecule has 124 valence electrons. The highest BCUT2D eigenvalue weighted by Crippen LogP contribution is 2.45. The molecule has 2 aromatic carbocycles. The standard InChI is InChI=1S/C21H16O3S/c1-14(22)23-20(21-11-6-12-25-21)13-17-15-7-2-4-9-18(15)24-19-10-5-3-8-16(17)19/h2-13,17H,1H3. The third-order valence-corrected chi connectivity index (χ3v) is 4.95. The second kappa shape index (κ2) is 6.57. The van der Waals surface area contributed by atoms with Crippen LogP contribution in [0.4, 0.5) is 0 Å². The zero-order valence-electron chi connectivity index (χ0n) is 13.6. The molecule has 0 bridgehead atoms. The number of thiophene rings is 1. The highest BCUT2D eigenvalue weighted by atomic mass is 32.1. The smallest absolute Gasteiger partial charge is 0.308 e. The Kier molecular flexibility index (Phi) is 4.12. The maximum absolute atomic E-state index is 11.6. The molecule has 0 unspecified atom stereocenters. The van der Waals surface area contributed by atoms with Gasteiger partial charge >= 0.3 is 5.97 Å². The summed E-state index contributed by atoms with van der Waals surface area (Å²) in [4.78, 5) is 12.5. The first-order valence-corrected chi connectivity index (χ1v) is 8.90. The van der Waals surface area contributed by atoms with E-state index in [0.717, 1.165) is 27.5 Å². The number of carbonyl (C=O) groups excluding carboxylic acids is 1. The quantitative estimate of drug-likeness (QED) is 0.457. The van der Waals surface area contributed by atoms with Crippen LogP contribution in [0.1, 0.15) is 28.8 Å². The van der Waals surface area contributed by atoms with Gasteiger partial charge < -0.3 is 9.47 Å². The first kappa shape index (κ1) is 15.7. The van der Waals surface area contributed by atoms with E-state index in [9.17, 15) is 4.79 Å². The van der Waals surface area contributed by atoms with Gasteiger partial charge in [-0.05, 0) is 29.7 Å². The van der Waals surface area contributed by atoms with Crippen LogP contribution in [0.25, 0.3) is 5.76 Å². The molecular formula is C21H16O3S. The molecule has 3 aromatic rings. The molecule has 25 heavy (non-hydrogen) atoms. The lowest BCUT2D eigenvalue weighted by atomic mass is 9.87. The van der Waals surface area contributed by atoms with Crippen molar-refractivity contribution in [3.63, 3.8) is 0 Å². The molecule has 3 nitrogen and oxygen atoms in total. The van der Waals surface area contributed by atoms with E-state index in [0.29, 0.717) is 5.76 Å². The van der Waals surface area contributed by atoms with E-state index in [1.807, 2.05) is 72.1 Å². The van der Waals surface area contributed by atoms with Crippen LogP contribution in [0.5, 0.6) is 11.5 Å². The number of benzene rings is 2. The first-order valence-electron chi connectivity index (χ1n) is 8.02. The zero-order valence-corrected chi connectivity index (χ0v) is 14.5. The van der Waals surface area contributed by atoms with Gasteiger partial charge in [0, 0.05) is 24.0 Å². The van der Waals surface area contributed by atoms with Gasteiger partial charge in [-0.2, -0.15) is 0 Å². The molecule has 0 saturated heterocycles. The summed E-state index contributed by atoms with van der Waals surface area (Å²) in [5.41, 5.74) is 2.12. The number of hydrogen-bond donors (Lipinski definition) is 0. The minimum Gasteiger partial charge on any atom is -0.457 e. The highest BCUT2D eigenvalue weighted by Gasteiger charge is 2.26. The van der Waals surface area contributed by atoms with E-state index < -0.39 is 0 Å². The van der Waals surface area contributed by atoms with Gasteiger partial charge in [0.15, 0.2) is 0 Å². The molecule has 0 amide bonds. The van der Waals surface area contributed by atoms with Gasteiger partial charge in [0.2, 0.25) is 0 Å². The topological polar surface area (TPSA) is 35.5 Å². The Morgan fingerprint density at radius 2 is 1.64 bits per heavy atom. The van der Waals surface area contributed by atoms with Crippen molar-refractivity contribution in [3.05, 3.63) is 88.1 Å². The molecule has 2 heterocycles. The fourth-order valence-corrected chi connectivity index (χ4v) is 3.70. The van der Waals surface area contributed by atoms with Crippen LogP contribution in [0.2, 0.25) is 0 Å². The molecule has 0 fully saturated rings. The Morgan fingerprint density at radius 3 is 2.20 bits per heavy atom.